The molecule has 0 aromatic heterocycles. The molecule has 2 rings (SSSR count). The van der Waals surface area contributed by atoms with Gasteiger partial charge in [0.15, 0.2) is 5.96 Å². The fourth-order valence-corrected chi connectivity index (χ4v) is 2.60. The van der Waals surface area contributed by atoms with Crippen molar-refractivity contribution in [3.05, 3.63) is 70.2 Å². The van der Waals surface area contributed by atoms with Gasteiger partial charge >= 0.3 is 6.18 Å². The smallest absolute Gasteiger partial charge is 0.370 e. The van der Waals surface area contributed by atoms with E-state index >= 15 is 0 Å². The molecule has 4 nitrogen and oxygen atoms in total. The van der Waals surface area contributed by atoms with Crippen LogP contribution in [0.1, 0.15) is 22.6 Å². The molecule has 0 unspecified atom stereocenters. The first-order valence-corrected chi connectivity index (χ1v) is 7.59. The molecule has 0 aliphatic heterocycles. The molecule has 0 saturated carbocycles. The molecular formula is C17H15ClF3N3O. The Labute approximate surface area is 147 Å². The van der Waals surface area contributed by atoms with E-state index in [-0.39, 0.29) is 12.0 Å². The van der Waals surface area contributed by atoms with Crippen LogP contribution in [0, 0.1) is 0 Å². The number of carbonyl (C=O) groups excluding carboxylic acids is 1. The number of nitrogens with zero attached hydrogens (tertiary/aromatic N) is 1. The van der Waals surface area contributed by atoms with Gasteiger partial charge in [-0.3, -0.25) is 4.79 Å². The van der Waals surface area contributed by atoms with Crippen LogP contribution in [-0.4, -0.2) is 11.9 Å². The van der Waals surface area contributed by atoms with Gasteiger partial charge in [-0.25, -0.2) is 0 Å². The molecule has 0 saturated heterocycles. The monoisotopic (exact) mass is 369 g/mol. The van der Waals surface area contributed by atoms with E-state index < -0.39 is 29.5 Å². The maximum Gasteiger partial charge on any atom is 0.416 e. The Morgan fingerprint density at radius 3 is 2.40 bits per heavy atom. The Hall–Kier alpha value is -2.54. The molecule has 1 atom stereocenters. The fourth-order valence-electron chi connectivity index (χ4n) is 2.38. The van der Waals surface area contributed by atoms with Crippen LogP contribution in [0.4, 0.5) is 13.2 Å². The van der Waals surface area contributed by atoms with Crippen molar-refractivity contribution in [1.82, 2.24) is 0 Å². The number of nitrogens with two attached hydrogens (primary N) is 2. The predicted molar refractivity (Wildman–Crippen MR) is 90.2 cm³/mol. The zero-order valence-electron chi connectivity index (χ0n) is 12.9. The highest BCUT2D eigenvalue weighted by atomic mass is 35.5. The lowest BCUT2D eigenvalue weighted by Crippen LogP contribution is -2.26. The van der Waals surface area contributed by atoms with Crippen LogP contribution >= 0.6 is 11.6 Å². The maximum atomic E-state index is 13.0. The lowest BCUT2D eigenvalue weighted by molar-refractivity contribution is -0.137. The molecule has 2 aromatic carbocycles. The van der Waals surface area contributed by atoms with Crippen molar-refractivity contribution in [2.24, 2.45) is 16.5 Å². The summed E-state index contributed by atoms with van der Waals surface area (Å²) in [6.07, 6.45) is -4.41. The van der Waals surface area contributed by atoms with Gasteiger partial charge in [0, 0.05) is 5.02 Å². The summed E-state index contributed by atoms with van der Waals surface area (Å²) in [5.74, 6) is -2.14. The van der Waals surface area contributed by atoms with E-state index in [0.29, 0.717) is 10.6 Å². The summed E-state index contributed by atoms with van der Waals surface area (Å²) in [6, 6.07) is 11.2. The highest BCUT2D eigenvalue weighted by molar-refractivity contribution is 6.30. The van der Waals surface area contributed by atoms with Crippen LogP contribution in [0.5, 0.6) is 0 Å². The van der Waals surface area contributed by atoms with Crippen molar-refractivity contribution in [2.45, 2.75) is 18.5 Å². The number of hydrogen-bond donors (Lipinski definition) is 2. The maximum absolute atomic E-state index is 13.0. The second kappa shape index (κ2) is 7.57. The molecule has 0 aliphatic carbocycles. The Kier molecular flexibility index (Phi) is 5.69. The zero-order valence-corrected chi connectivity index (χ0v) is 13.7. The molecule has 0 aliphatic rings. The van der Waals surface area contributed by atoms with E-state index in [4.69, 9.17) is 23.1 Å². The number of aliphatic imine (C=N–C) groups is 1. The Morgan fingerprint density at radius 1 is 1.12 bits per heavy atom. The largest absolute Gasteiger partial charge is 0.416 e. The minimum atomic E-state index is -4.52. The molecule has 8 heteroatoms. The lowest BCUT2D eigenvalue weighted by Gasteiger charge is -2.16. The van der Waals surface area contributed by atoms with Crippen LogP contribution < -0.4 is 11.5 Å². The summed E-state index contributed by atoms with van der Waals surface area (Å²) < 4.78 is 38.9. The summed E-state index contributed by atoms with van der Waals surface area (Å²) in [6.45, 7) is 0. The summed E-state index contributed by atoms with van der Waals surface area (Å²) >= 11 is 5.92. The van der Waals surface area contributed by atoms with E-state index in [9.17, 15) is 18.0 Å². The Bertz CT molecular complexity index is 802. The van der Waals surface area contributed by atoms with Crippen LogP contribution in [-0.2, 0) is 17.4 Å². The molecular weight excluding hydrogens is 355 g/mol. The van der Waals surface area contributed by atoms with Crippen molar-refractivity contribution < 1.29 is 18.0 Å². The molecule has 25 heavy (non-hydrogen) atoms. The van der Waals surface area contributed by atoms with Crippen molar-refractivity contribution >= 4 is 23.5 Å². The van der Waals surface area contributed by atoms with Crippen LogP contribution in [0.25, 0.3) is 0 Å². The topological polar surface area (TPSA) is 81.5 Å². The number of hydrogen-bond acceptors (Lipinski definition) is 1. The Morgan fingerprint density at radius 2 is 1.80 bits per heavy atom. The number of alkyl halides is 3. The Balaban J connectivity index is 2.44. The normalized spacial score (nSPS) is 12.5. The summed E-state index contributed by atoms with van der Waals surface area (Å²) in [7, 11) is 0. The molecule has 4 N–H and O–H groups in total. The molecule has 0 bridgehead atoms. The average molecular weight is 370 g/mol. The summed E-state index contributed by atoms with van der Waals surface area (Å²) in [5, 5.41) is 0.453. The minimum Gasteiger partial charge on any atom is -0.370 e. The van der Waals surface area contributed by atoms with E-state index in [2.05, 4.69) is 4.99 Å². The lowest BCUT2D eigenvalue weighted by atomic mass is 9.90. The molecule has 132 valence electrons. The van der Waals surface area contributed by atoms with Crippen molar-refractivity contribution in [3.8, 4) is 0 Å². The average Bonchev–Trinajstić information content (AvgIpc) is 2.51. The SMILES string of the molecule is NC(N)=NC(=O)[C@H](Cc1cccc(Cl)c1)c1cccc(C(F)(F)F)c1. The van der Waals surface area contributed by atoms with Gasteiger partial charge in [-0.15, -0.1) is 0 Å². The minimum absolute atomic E-state index is 0.109. The van der Waals surface area contributed by atoms with Crippen LogP contribution in [0.15, 0.2) is 53.5 Å². The second-order valence-electron chi connectivity index (χ2n) is 5.38. The van der Waals surface area contributed by atoms with E-state index in [1.807, 2.05) is 0 Å². The summed E-state index contributed by atoms with van der Waals surface area (Å²) in [5.41, 5.74) is 10.5. The van der Waals surface area contributed by atoms with Gasteiger partial charge in [0.25, 0.3) is 5.91 Å². The highest BCUT2D eigenvalue weighted by Gasteiger charge is 2.32. The molecule has 0 radical (unpaired) electrons. The molecule has 0 fully saturated rings. The van der Waals surface area contributed by atoms with Crippen molar-refractivity contribution in [1.29, 1.82) is 0 Å². The predicted octanol–water partition coefficient (Wildman–Crippen LogP) is 3.49. The number of amides is 1. The first-order valence-electron chi connectivity index (χ1n) is 7.22. The molecule has 0 heterocycles. The van der Waals surface area contributed by atoms with Gasteiger partial charge in [-0.2, -0.15) is 18.2 Å². The van der Waals surface area contributed by atoms with Gasteiger partial charge in [-0.1, -0.05) is 41.9 Å². The number of guanidine groups is 1. The van der Waals surface area contributed by atoms with Gasteiger partial charge < -0.3 is 11.5 Å². The van der Waals surface area contributed by atoms with Gasteiger partial charge in [0.1, 0.15) is 0 Å². The van der Waals surface area contributed by atoms with Gasteiger partial charge in [0.2, 0.25) is 0 Å². The zero-order chi connectivity index (χ0) is 18.6. The van der Waals surface area contributed by atoms with E-state index in [1.165, 1.54) is 12.1 Å². The number of benzene rings is 2. The first kappa shape index (κ1) is 18.8. The summed E-state index contributed by atoms with van der Waals surface area (Å²) in [4.78, 5) is 15.8. The number of halogens is 4. The standard InChI is InChI=1S/C17H15ClF3N3O/c18-13-6-1-3-10(7-13)8-14(15(25)24-16(22)23)11-4-2-5-12(9-11)17(19,20)21/h1-7,9,14H,8H2,(H4,22,23,24,25)/t14-/m1/s1. The molecule has 0 spiro atoms. The third kappa shape index (κ3) is 5.22. The van der Waals surface area contributed by atoms with E-state index in [0.717, 1.165) is 12.1 Å². The number of carbonyl (C=O) groups is 1. The number of rotatable bonds is 4. The third-order valence-electron chi connectivity index (χ3n) is 3.48. The van der Waals surface area contributed by atoms with Crippen LogP contribution in [0.3, 0.4) is 0 Å². The fraction of sp³-hybridized carbons (Fsp3) is 0.176. The second-order valence-corrected chi connectivity index (χ2v) is 5.82. The highest BCUT2D eigenvalue weighted by Crippen LogP contribution is 2.32. The van der Waals surface area contributed by atoms with Gasteiger partial charge in [0.05, 0.1) is 11.5 Å². The van der Waals surface area contributed by atoms with Crippen LogP contribution in [0.2, 0.25) is 5.02 Å². The van der Waals surface area contributed by atoms with Crippen molar-refractivity contribution in [2.75, 3.05) is 0 Å². The van der Waals surface area contributed by atoms with Gasteiger partial charge in [-0.05, 0) is 35.7 Å². The van der Waals surface area contributed by atoms with Crippen molar-refractivity contribution in [3.63, 3.8) is 0 Å². The molecule has 2 aromatic rings. The quantitative estimate of drug-likeness (QED) is 0.639. The first-order chi connectivity index (χ1) is 11.7. The van der Waals surface area contributed by atoms with E-state index in [1.54, 1.807) is 24.3 Å². The molecule has 1 amide bonds. The third-order valence-corrected chi connectivity index (χ3v) is 3.72.